The van der Waals surface area contributed by atoms with Crippen LogP contribution in [0.5, 0.6) is 0 Å². The summed E-state index contributed by atoms with van der Waals surface area (Å²) in [4.78, 5) is 24.0. The highest BCUT2D eigenvalue weighted by Crippen LogP contribution is 2.23. The van der Waals surface area contributed by atoms with Crippen LogP contribution in [0, 0.1) is 5.82 Å². The Morgan fingerprint density at radius 3 is 2.88 bits per heavy atom. The van der Waals surface area contributed by atoms with Gasteiger partial charge >= 0.3 is 5.69 Å². The summed E-state index contributed by atoms with van der Waals surface area (Å²) in [5.41, 5.74) is -1.94. The van der Waals surface area contributed by atoms with Crippen molar-refractivity contribution in [1.29, 1.82) is 0 Å². The number of hydrogen-bond acceptors (Lipinski definition) is 5. The highest BCUT2D eigenvalue weighted by atomic mass is 19.1. The van der Waals surface area contributed by atoms with Crippen LogP contribution < -0.4 is 11.2 Å². The number of hydrogen-bond donors (Lipinski definition) is 3. The first kappa shape index (κ1) is 12.0. The molecule has 0 spiro atoms. The Morgan fingerprint density at radius 1 is 1.59 bits per heavy atom. The minimum atomic E-state index is -1.14. The van der Waals surface area contributed by atoms with Crippen LogP contribution in [-0.2, 0) is 4.74 Å². The summed E-state index contributed by atoms with van der Waals surface area (Å²) < 4.78 is 18.9. The van der Waals surface area contributed by atoms with Crippen LogP contribution in [0.3, 0.4) is 0 Å². The van der Waals surface area contributed by atoms with Crippen molar-refractivity contribution in [2.24, 2.45) is 0 Å². The molecule has 3 atom stereocenters. The maximum Gasteiger partial charge on any atom is 0.328 e. The van der Waals surface area contributed by atoms with E-state index in [2.05, 4.69) is 0 Å². The number of aromatic nitrogens is 2. The number of halogens is 1. The molecule has 8 heteroatoms. The number of aliphatic hydroxyl groups is 2. The molecule has 3 N–H and O–H groups in total. The molecule has 0 bridgehead atoms. The van der Waals surface area contributed by atoms with Crippen LogP contribution in [0.4, 0.5) is 4.39 Å². The average molecular weight is 246 g/mol. The molecule has 1 saturated heterocycles. The van der Waals surface area contributed by atoms with Gasteiger partial charge in [0.05, 0.1) is 25.5 Å². The minimum absolute atomic E-state index is 0.0439. The van der Waals surface area contributed by atoms with E-state index in [9.17, 15) is 19.1 Å². The second kappa shape index (κ2) is 4.40. The predicted molar refractivity (Wildman–Crippen MR) is 53.2 cm³/mol. The Balaban J connectivity index is 2.39. The van der Waals surface area contributed by atoms with Crippen LogP contribution in [0.15, 0.2) is 15.8 Å². The molecule has 7 nitrogen and oxygen atoms in total. The Labute approximate surface area is 94.1 Å². The highest BCUT2D eigenvalue weighted by molar-refractivity contribution is 4.95. The van der Waals surface area contributed by atoms with Gasteiger partial charge in [0, 0.05) is 0 Å². The van der Waals surface area contributed by atoms with Crippen molar-refractivity contribution in [3.05, 3.63) is 32.9 Å². The Bertz CT molecular complexity index is 525. The molecule has 1 aromatic heterocycles. The van der Waals surface area contributed by atoms with E-state index in [-0.39, 0.29) is 6.61 Å². The number of nitrogens with zero attached hydrogens (tertiary/aromatic N) is 1. The molecule has 1 aliphatic heterocycles. The summed E-state index contributed by atoms with van der Waals surface area (Å²) >= 11 is 0. The molecule has 0 saturated carbocycles. The zero-order chi connectivity index (χ0) is 12.6. The largest absolute Gasteiger partial charge is 0.394 e. The monoisotopic (exact) mass is 246 g/mol. The van der Waals surface area contributed by atoms with Gasteiger partial charge < -0.3 is 14.9 Å². The quantitative estimate of drug-likeness (QED) is 0.558. The van der Waals surface area contributed by atoms with Crippen molar-refractivity contribution in [2.45, 2.75) is 18.2 Å². The van der Waals surface area contributed by atoms with Gasteiger partial charge in [-0.1, -0.05) is 0 Å². The van der Waals surface area contributed by atoms with Gasteiger partial charge in [-0.25, -0.2) is 4.79 Å². The van der Waals surface area contributed by atoms with Gasteiger partial charge in [0.2, 0.25) is 5.82 Å². The zero-order valence-electron chi connectivity index (χ0n) is 8.67. The van der Waals surface area contributed by atoms with Crippen molar-refractivity contribution in [1.82, 2.24) is 9.55 Å². The smallest absolute Gasteiger partial charge is 0.328 e. The summed E-state index contributed by atoms with van der Waals surface area (Å²) in [6, 6.07) is -0.828. The molecule has 0 radical (unpaired) electrons. The van der Waals surface area contributed by atoms with Crippen LogP contribution in [0.2, 0.25) is 0 Å². The minimum Gasteiger partial charge on any atom is -0.394 e. The van der Waals surface area contributed by atoms with Crippen molar-refractivity contribution in [3.63, 3.8) is 0 Å². The van der Waals surface area contributed by atoms with Crippen molar-refractivity contribution < 1.29 is 19.3 Å². The fourth-order valence-electron chi connectivity index (χ4n) is 1.78. The molecular weight excluding hydrogens is 235 g/mol. The van der Waals surface area contributed by atoms with E-state index < -0.39 is 41.9 Å². The zero-order valence-corrected chi connectivity index (χ0v) is 8.67. The van der Waals surface area contributed by atoms with Gasteiger partial charge in [0.25, 0.3) is 5.56 Å². The lowest BCUT2D eigenvalue weighted by molar-refractivity contribution is 0.00187. The van der Waals surface area contributed by atoms with E-state index in [4.69, 9.17) is 9.84 Å². The lowest BCUT2D eigenvalue weighted by Crippen LogP contribution is -2.39. The van der Waals surface area contributed by atoms with Gasteiger partial charge in [-0.2, -0.15) is 4.39 Å². The number of nitrogens with one attached hydrogen (secondary N) is 1. The summed E-state index contributed by atoms with van der Waals surface area (Å²) in [7, 11) is 0. The number of aromatic amines is 1. The number of rotatable bonds is 2. The van der Waals surface area contributed by atoms with Crippen molar-refractivity contribution >= 4 is 0 Å². The van der Waals surface area contributed by atoms with Crippen LogP contribution in [0.25, 0.3) is 0 Å². The maximum atomic E-state index is 13.0. The van der Waals surface area contributed by atoms with E-state index in [0.29, 0.717) is 0 Å². The summed E-state index contributed by atoms with van der Waals surface area (Å²) in [5, 5.41) is 18.6. The molecule has 0 aliphatic carbocycles. The molecule has 17 heavy (non-hydrogen) atoms. The SMILES string of the molecule is O=c1[nH]c(=O)n([C@@H]2CO[C@H](CO)[C@H]2O)cc1F. The van der Waals surface area contributed by atoms with E-state index in [1.54, 1.807) is 4.98 Å². The topological polar surface area (TPSA) is 105 Å². The molecular formula is C9H11FN2O5. The second-order valence-electron chi connectivity index (χ2n) is 3.76. The average Bonchev–Trinajstić information content (AvgIpc) is 2.65. The molecule has 2 heterocycles. The number of ether oxygens (including phenoxy) is 1. The second-order valence-corrected chi connectivity index (χ2v) is 3.76. The van der Waals surface area contributed by atoms with Gasteiger partial charge in [-0.15, -0.1) is 0 Å². The van der Waals surface area contributed by atoms with Crippen LogP contribution in [0.1, 0.15) is 6.04 Å². The molecule has 0 unspecified atom stereocenters. The van der Waals surface area contributed by atoms with Crippen molar-refractivity contribution in [2.75, 3.05) is 13.2 Å². The predicted octanol–water partition coefficient (Wildman–Crippen LogP) is -2.03. The standard InChI is InChI=1S/C9H11FN2O5/c10-4-1-12(9(16)11-8(4)15)5-3-17-6(2-13)7(5)14/h1,5-7,13-14H,2-3H2,(H,11,15,16)/t5-,6-,7+/m1/s1. The fourth-order valence-corrected chi connectivity index (χ4v) is 1.78. The third-order valence-corrected chi connectivity index (χ3v) is 2.72. The molecule has 1 fully saturated rings. The van der Waals surface area contributed by atoms with Gasteiger partial charge in [0.1, 0.15) is 12.2 Å². The molecule has 0 amide bonds. The fraction of sp³-hybridized carbons (Fsp3) is 0.556. The third kappa shape index (κ3) is 2.02. The van der Waals surface area contributed by atoms with E-state index in [0.717, 1.165) is 10.8 Å². The Kier molecular flexibility index (Phi) is 3.09. The van der Waals surface area contributed by atoms with Gasteiger partial charge in [0.15, 0.2) is 0 Å². The summed E-state index contributed by atoms with van der Waals surface area (Å²) in [5.74, 6) is -1.12. The molecule has 94 valence electrons. The van der Waals surface area contributed by atoms with Gasteiger partial charge in [-0.05, 0) is 0 Å². The lowest BCUT2D eigenvalue weighted by Gasteiger charge is -2.17. The molecule has 2 rings (SSSR count). The molecule has 1 aromatic rings. The number of aliphatic hydroxyl groups excluding tert-OH is 2. The van der Waals surface area contributed by atoms with E-state index >= 15 is 0 Å². The molecule has 0 aromatic carbocycles. The first-order chi connectivity index (χ1) is 8.04. The number of H-pyrrole nitrogens is 1. The highest BCUT2D eigenvalue weighted by Gasteiger charge is 2.37. The van der Waals surface area contributed by atoms with Crippen LogP contribution in [-0.4, -0.2) is 45.2 Å². The Morgan fingerprint density at radius 2 is 2.29 bits per heavy atom. The lowest BCUT2D eigenvalue weighted by atomic mass is 10.1. The van der Waals surface area contributed by atoms with Gasteiger partial charge in [-0.3, -0.25) is 14.3 Å². The summed E-state index contributed by atoms with van der Waals surface area (Å²) in [6.07, 6.45) is -1.23. The first-order valence-electron chi connectivity index (χ1n) is 4.96. The first-order valence-corrected chi connectivity index (χ1v) is 4.96. The van der Waals surface area contributed by atoms with Crippen molar-refractivity contribution in [3.8, 4) is 0 Å². The van der Waals surface area contributed by atoms with Crippen LogP contribution >= 0.6 is 0 Å². The normalized spacial score (nSPS) is 28.5. The molecule has 1 aliphatic rings. The third-order valence-electron chi connectivity index (χ3n) is 2.72. The summed E-state index contributed by atoms with van der Waals surface area (Å²) in [6.45, 7) is -0.448. The van der Waals surface area contributed by atoms with E-state index in [1.807, 2.05) is 0 Å². The van der Waals surface area contributed by atoms with E-state index in [1.165, 1.54) is 0 Å². The Hall–Kier alpha value is -1.51. The maximum absolute atomic E-state index is 13.0.